The monoisotopic (exact) mass is 1000 g/mol. The van der Waals surface area contributed by atoms with Crippen LogP contribution in [0.25, 0.3) is 0 Å². The first-order chi connectivity index (χ1) is 29.0. The molecule has 0 aliphatic heterocycles. The van der Waals surface area contributed by atoms with Gasteiger partial charge in [0.05, 0.1) is 37.8 Å². The van der Waals surface area contributed by atoms with E-state index in [0.29, 0.717) is 30.2 Å². The van der Waals surface area contributed by atoms with Gasteiger partial charge in [0.1, 0.15) is 46.9 Å². The lowest BCUT2D eigenvalue weighted by Crippen LogP contribution is -2.33. The zero-order chi connectivity index (χ0) is 48.5. The van der Waals surface area contributed by atoms with Crippen molar-refractivity contribution in [3.05, 3.63) is 84.7 Å². The molecule has 1 atom stereocenters. The molecule has 0 saturated heterocycles. The third-order valence-corrected chi connectivity index (χ3v) is 12.7. The highest BCUT2D eigenvalue weighted by Gasteiger charge is 2.20. The van der Waals surface area contributed by atoms with E-state index >= 15 is 0 Å². The highest BCUT2D eigenvalue weighted by atomic mass is 35.5. The fourth-order valence-corrected chi connectivity index (χ4v) is 7.82. The van der Waals surface area contributed by atoms with Crippen LogP contribution in [0.4, 0.5) is 4.39 Å². The van der Waals surface area contributed by atoms with Gasteiger partial charge in [-0.1, -0.05) is 23.2 Å². The minimum Gasteiger partial charge on any atom is -0.391 e. The number of amides is 4. The van der Waals surface area contributed by atoms with Crippen molar-refractivity contribution in [2.24, 2.45) is 0 Å². The normalized spacial score (nSPS) is 11.8. The summed E-state index contributed by atoms with van der Waals surface area (Å²) < 4.78 is 13.3. The molecular formula is C40H57Cl2FN4O12S4. The SMILES string of the molecule is Cc1csc(C(=O)NOCC(C)(C)O)c1C.Cc1csc(C(=O)NOCC(C)(C)O)c1Cl.Cc1csc(C(=O)NOCC(C)(C)O)c1F.Cc1csc(C(=O)NOC[C@H](C)O)c1Cl. The Morgan fingerprint density at radius 2 is 0.873 bits per heavy atom. The largest absolute Gasteiger partial charge is 0.391 e. The van der Waals surface area contributed by atoms with E-state index in [-0.39, 0.29) is 37.2 Å². The molecule has 0 aromatic carbocycles. The zero-order valence-electron chi connectivity index (χ0n) is 37.0. The summed E-state index contributed by atoms with van der Waals surface area (Å²) in [6.45, 7) is 20.2. The fourth-order valence-electron chi connectivity index (χ4n) is 3.72. The lowest BCUT2D eigenvalue weighted by Gasteiger charge is -2.16. The summed E-state index contributed by atoms with van der Waals surface area (Å²) in [5, 5.41) is 44.9. The van der Waals surface area contributed by atoms with Crippen molar-refractivity contribution in [2.45, 2.75) is 106 Å². The molecule has 8 N–H and O–H groups in total. The van der Waals surface area contributed by atoms with E-state index in [4.69, 9.17) is 47.7 Å². The number of hydrogen-bond acceptors (Lipinski definition) is 16. The Morgan fingerprint density at radius 3 is 1.16 bits per heavy atom. The lowest BCUT2D eigenvalue weighted by atomic mass is 10.2. The number of thiophene rings is 4. The minimum atomic E-state index is -1.04. The highest BCUT2D eigenvalue weighted by molar-refractivity contribution is 7.13. The van der Waals surface area contributed by atoms with E-state index in [2.05, 4.69) is 21.9 Å². The number of carbonyl (C=O) groups is 4. The van der Waals surface area contributed by atoms with Crippen molar-refractivity contribution in [1.82, 2.24) is 21.9 Å². The molecular weight excluding hydrogens is 947 g/mol. The van der Waals surface area contributed by atoms with Crippen LogP contribution < -0.4 is 21.9 Å². The van der Waals surface area contributed by atoms with Crippen LogP contribution in [-0.2, 0) is 19.4 Å². The van der Waals surface area contributed by atoms with Gasteiger partial charge in [-0.15, -0.1) is 45.3 Å². The standard InChI is InChI=1S/C11H17NO3S.C10H14ClNO3S.C10H14FNO3S.C9H12ClNO3S/c1-7-5-16-9(8(7)2)10(13)12-15-6-11(3,4)14;2*1-6-4-16-8(7(6)11)9(13)12-15-5-10(2,3)14;1-5-4-15-8(7(5)10)9(13)11-14-3-6(2)12/h5,14H,6H2,1-4H3,(H,12,13);2*4,14H,5H2,1-3H3,(H,12,13);4,6,12H,3H2,1-2H3,(H,11,13)/t;;;6-/m...0/s1. The minimum absolute atomic E-state index is 0.0146. The lowest BCUT2D eigenvalue weighted by molar-refractivity contribution is -0.0526. The summed E-state index contributed by atoms with van der Waals surface area (Å²) in [5.74, 6) is -2.22. The van der Waals surface area contributed by atoms with Crippen molar-refractivity contribution >= 4 is 92.2 Å². The average molecular weight is 1000 g/mol. The second kappa shape index (κ2) is 26.7. The van der Waals surface area contributed by atoms with E-state index < -0.39 is 46.4 Å². The summed E-state index contributed by atoms with van der Waals surface area (Å²) in [7, 11) is 0. The molecule has 4 aromatic rings. The summed E-state index contributed by atoms with van der Waals surface area (Å²) in [4.78, 5) is 66.9. The number of aliphatic hydroxyl groups excluding tert-OH is 1. The highest BCUT2D eigenvalue weighted by Crippen LogP contribution is 2.28. The van der Waals surface area contributed by atoms with Gasteiger partial charge >= 0.3 is 0 Å². The molecule has 23 heteroatoms. The zero-order valence-corrected chi connectivity index (χ0v) is 41.8. The Bertz CT molecular complexity index is 1910. The topological polar surface area (TPSA) is 234 Å². The van der Waals surface area contributed by atoms with E-state index in [0.717, 1.165) is 33.6 Å². The van der Waals surface area contributed by atoms with Crippen LogP contribution in [0.2, 0.25) is 10.0 Å². The van der Waals surface area contributed by atoms with E-state index in [1.165, 1.54) is 47.9 Å². The second-order valence-electron chi connectivity index (χ2n) is 15.7. The van der Waals surface area contributed by atoms with Crippen molar-refractivity contribution < 1.29 is 63.3 Å². The van der Waals surface area contributed by atoms with Crippen molar-refractivity contribution in [3.63, 3.8) is 0 Å². The van der Waals surface area contributed by atoms with Crippen molar-refractivity contribution in [3.8, 4) is 0 Å². The van der Waals surface area contributed by atoms with Crippen molar-refractivity contribution in [1.29, 1.82) is 0 Å². The van der Waals surface area contributed by atoms with Crippen LogP contribution in [0.3, 0.4) is 0 Å². The number of aryl methyl sites for hydroxylation is 4. The number of aliphatic hydroxyl groups is 4. The Morgan fingerprint density at radius 1 is 0.571 bits per heavy atom. The van der Waals surface area contributed by atoms with E-state index in [9.17, 15) is 38.9 Å². The third-order valence-electron chi connectivity index (χ3n) is 7.07. The Labute approximate surface area is 392 Å². The summed E-state index contributed by atoms with van der Waals surface area (Å²) in [6.07, 6.45) is -0.620. The molecule has 0 radical (unpaired) electrons. The predicted octanol–water partition coefficient (Wildman–Crippen LogP) is 7.32. The fraction of sp³-hybridized carbons (Fsp3) is 0.500. The van der Waals surface area contributed by atoms with Gasteiger partial charge in [-0.2, -0.15) is 0 Å². The number of nitrogens with one attached hydrogen (secondary N) is 4. The van der Waals surface area contributed by atoms with Crippen molar-refractivity contribution in [2.75, 3.05) is 26.4 Å². The molecule has 16 nitrogen and oxygen atoms in total. The quantitative estimate of drug-likeness (QED) is 0.0516. The summed E-state index contributed by atoms with van der Waals surface area (Å²) >= 11 is 16.7. The number of halogens is 3. The molecule has 0 bridgehead atoms. The van der Waals surface area contributed by atoms with Crippen LogP contribution in [0, 0.1) is 40.4 Å². The maximum Gasteiger partial charge on any atom is 0.287 e. The first-order valence-corrected chi connectivity index (χ1v) is 23.0. The molecule has 0 fully saturated rings. The van der Waals surface area contributed by atoms with E-state index in [1.54, 1.807) is 57.7 Å². The van der Waals surface area contributed by atoms with Gasteiger partial charge in [-0.25, -0.2) is 26.3 Å². The Balaban J connectivity index is 0.000000420. The molecule has 0 unspecified atom stereocenters. The Hall–Kier alpha value is -3.13. The summed E-state index contributed by atoms with van der Waals surface area (Å²) in [5.41, 5.74) is 10.1. The maximum absolute atomic E-state index is 13.3. The molecule has 0 spiro atoms. The number of hydroxylamine groups is 4. The van der Waals surface area contributed by atoms with Gasteiger partial charge in [0.25, 0.3) is 23.6 Å². The van der Waals surface area contributed by atoms with Gasteiger partial charge < -0.3 is 20.4 Å². The predicted molar refractivity (Wildman–Crippen MR) is 245 cm³/mol. The van der Waals surface area contributed by atoms with Crippen LogP contribution >= 0.6 is 68.5 Å². The molecule has 4 rings (SSSR count). The van der Waals surface area contributed by atoms with Crippen LogP contribution in [-0.4, -0.2) is 93.4 Å². The number of rotatable bonds is 16. The molecule has 354 valence electrons. The van der Waals surface area contributed by atoms with Gasteiger partial charge in [0, 0.05) is 0 Å². The first kappa shape index (κ1) is 57.9. The summed E-state index contributed by atoms with van der Waals surface area (Å²) in [6, 6.07) is 0. The molecule has 4 heterocycles. The average Bonchev–Trinajstić information content (AvgIpc) is 3.89. The van der Waals surface area contributed by atoms with Crippen LogP contribution in [0.5, 0.6) is 0 Å². The number of carbonyl (C=O) groups excluding carboxylic acids is 4. The molecule has 0 aliphatic carbocycles. The van der Waals surface area contributed by atoms with E-state index in [1.807, 2.05) is 33.1 Å². The molecule has 0 aliphatic rings. The second-order valence-corrected chi connectivity index (χ2v) is 20.0. The maximum atomic E-state index is 13.3. The van der Waals surface area contributed by atoms with Gasteiger partial charge in [0.2, 0.25) is 0 Å². The van der Waals surface area contributed by atoms with Gasteiger partial charge in [0.15, 0.2) is 0 Å². The first-order valence-electron chi connectivity index (χ1n) is 18.7. The van der Waals surface area contributed by atoms with Crippen LogP contribution in [0.1, 0.15) is 115 Å². The molecule has 63 heavy (non-hydrogen) atoms. The number of hydrogen-bond donors (Lipinski definition) is 8. The van der Waals surface area contributed by atoms with Gasteiger partial charge in [-0.05, 0) is 132 Å². The third kappa shape index (κ3) is 22.6. The molecule has 4 aromatic heterocycles. The van der Waals surface area contributed by atoms with Crippen LogP contribution in [0.15, 0.2) is 21.5 Å². The molecule has 0 saturated carbocycles. The molecule has 4 amide bonds. The Kier molecular flexibility index (Phi) is 24.6. The van der Waals surface area contributed by atoms with Gasteiger partial charge in [-0.3, -0.25) is 38.5 Å². The smallest absolute Gasteiger partial charge is 0.287 e.